The van der Waals surface area contributed by atoms with Crippen LogP contribution in [0.2, 0.25) is 0 Å². The normalized spacial score (nSPS) is 10.8. The van der Waals surface area contributed by atoms with Gasteiger partial charge in [0, 0.05) is 13.1 Å². The van der Waals surface area contributed by atoms with E-state index in [0.29, 0.717) is 19.0 Å². The molecule has 0 saturated heterocycles. The summed E-state index contributed by atoms with van der Waals surface area (Å²) in [6.07, 6.45) is 0. The van der Waals surface area contributed by atoms with E-state index in [1.54, 1.807) is 6.07 Å². The van der Waals surface area contributed by atoms with E-state index in [4.69, 9.17) is 4.74 Å². The Morgan fingerprint density at radius 2 is 1.92 bits per heavy atom. The van der Waals surface area contributed by atoms with E-state index < -0.39 is 0 Å². The van der Waals surface area contributed by atoms with Gasteiger partial charge in [0.05, 0.1) is 13.7 Å². The molecule has 136 valence electrons. The van der Waals surface area contributed by atoms with Gasteiger partial charge in [-0.25, -0.2) is 9.38 Å². The second-order valence-electron chi connectivity index (χ2n) is 5.44. The summed E-state index contributed by atoms with van der Waals surface area (Å²) >= 11 is 0. The average Bonchev–Trinajstić information content (AvgIpc) is 2.58. The number of nitrogens with zero attached hydrogens (tertiary/aromatic N) is 1. The smallest absolute Gasteiger partial charge is 0.191 e. The molecule has 2 N–H and O–H groups in total. The topological polar surface area (TPSA) is 45.7 Å². The molecule has 0 aliphatic carbocycles. The van der Waals surface area contributed by atoms with E-state index >= 15 is 0 Å². The van der Waals surface area contributed by atoms with Crippen LogP contribution >= 0.6 is 24.0 Å². The Balaban J connectivity index is 0.00000312. The first kappa shape index (κ1) is 21.2. The highest BCUT2D eigenvalue weighted by Crippen LogP contribution is 2.18. The molecular formula is C19H25FIN3O. The monoisotopic (exact) mass is 457 g/mol. The number of nitrogens with one attached hydrogen (secondary N) is 2. The van der Waals surface area contributed by atoms with Gasteiger partial charge < -0.3 is 15.4 Å². The predicted molar refractivity (Wildman–Crippen MR) is 111 cm³/mol. The Hall–Kier alpha value is -1.83. The standard InChI is InChI=1S/C19H24FN3O.HI/c1-4-21-19(23-13-16-8-6-5-7-14(16)2)22-12-15-9-10-18(24-3)17(20)11-15;/h5-11H,4,12-13H2,1-3H3,(H2,21,22,23);1H. The Bertz CT molecular complexity index is 707. The number of guanidine groups is 1. The number of benzene rings is 2. The molecule has 0 aliphatic rings. The van der Waals surface area contributed by atoms with E-state index in [-0.39, 0.29) is 35.5 Å². The molecule has 0 spiro atoms. The minimum absolute atomic E-state index is 0. The molecule has 0 bridgehead atoms. The third-order valence-electron chi connectivity index (χ3n) is 3.69. The zero-order chi connectivity index (χ0) is 17.4. The largest absolute Gasteiger partial charge is 0.494 e. The zero-order valence-electron chi connectivity index (χ0n) is 14.8. The molecule has 0 aromatic heterocycles. The van der Waals surface area contributed by atoms with Crippen LogP contribution in [0.25, 0.3) is 0 Å². The Labute approximate surface area is 165 Å². The molecule has 2 aromatic rings. The summed E-state index contributed by atoms with van der Waals surface area (Å²) < 4.78 is 18.7. The number of hydrogen-bond acceptors (Lipinski definition) is 2. The number of aryl methyl sites for hydroxylation is 1. The third kappa shape index (κ3) is 6.53. The minimum atomic E-state index is -0.372. The Morgan fingerprint density at radius 1 is 1.16 bits per heavy atom. The average molecular weight is 457 g/mol. The highest BCUT2D eigenvalue weighted by Gasteiger charge is 2.04. The van der Waals surface area contributed by atoms with Gasteiger partial charge >= 0.3 is 0 Å². The summed E-state index contributed by atoms with van der Waals surface area (Å²) in [5, 5.41) is 6.51. The molecule has 4 nitrogen and oxygen atoms in total. The maximum absolute atomic E-state index is 13.7. The minimum Gasteiger partial charge on any atom is -0.494 e. The van der Waals surface area contributed by atoms with E-state index in [1.165, 1.54) is 24.3 Å². The summed E-state index contributed by atoms with van der Waals surface area (Å²) in [4.78, 5) is 4.51. The van der Waals surface area contributed by atoms with Crippen molar-refractivity contribution in [1.29, 1.82) is 0 Å². The Morgan fingerprint density at radius 3 is 2.56 bits per heavy atom. The van der Waals surface area contributed by atoms with Crippen LogP contribution in [0.4, 0.5) is 4.39 Å². The highest BCUT2D eigenvalue weighted by atomic mass is 127. The van der Waals surface area contributed by atoms with Gasteiger partial charge in [0.25, 0.3) is 0 Å². The van der Waals surface area contributed by atoms with Gasteiger partial charge in [-0.1, -0.05) is 30.3 Å². The highest BCUT2D eigenvalue weighted by molar-refractivity contribution is 14.0. The van der Waals surface area contributed by atoms with Gasteiger partial charge in [-0.2, -0.15) is 0 Å². The number of rotatable bonds is 6. The van der Waals surface area contributed by atoms with Crippen molar-refractivity contribution in [3.8, 4) is 5.75 Å². The number of aliphatic imine (C=N–C) groups is 1. The fourth-order valence-electron chi connectivity index (χ4n) is 2.31. The summed E-state index contributed by atoms with van der Waals surface area (Å²) in [6, 6.07) is 13.1. The quantitative estimate of drug-likeness (QED) is 0.392. The lowest BCUT2D eigenvalue weighted by molar-refractivity contribution is 0.386. The van der Waals surface area contributed by atoms with Crippen LogP contribution in [0.5, 0.6) is 5.75 Å². The predicted octanol–water partition coefficient (Wildman–Crippen LogP) is 4.02. The number of hydrogen-bond donors (Lipinski definition) is 2. The third-order valence-corrected chi connectivity index (χ3v) is 3.69. The summed E-state index contributed by atoms with van der Waals surface area (Å²) in [5.41, 5.74) is 3.25. The molecule has 25 heavy (non-hydrogen) atoms. The molecule has 0 amide bonds. The van der Waals surface area contributed by atoms with E-state index in [1.807, 2.05) is 25.1 Å². The lowest BCUT2D eigenvalue weighted by atomic mass is 10.1. The van der Waals surface area contributed by atoms with Crippen LogP contribution in [-0.2, 0) is 13.1 Å². The van der Waals surface area contributed by atoms with Crippen molar-refractivity contribution in [1.82, 2.24) is 10.6 Å². The van der Waals surface area contributed by atoms with Crippen LogP contribution in [0.1, 0.15) is 23.6 Å². The van der Waals surface area contributed by atoms with Crippen LogP contribution in [0.15, 0.2) is 47.5 Å². The fourth-order valence-corrected chi connectivity index (χ4v) is 2.31. The molecular weight excluding hydrogens is 432 g/mol. The first-order valence-electron chi connectivity index (χ1n) is 8.03. The summed E-state index contributed by atoms with van der Waals surface area (Å²) in [6.45, 7) is 5.94. The molecule has 0 unspecified atom stereocenters. The number of halogens is 2. The van der Waals surface area contributed by atoms with Crippen LogP contribution in [0.3, 0.4) is 0 Å². The molecule has 0 fully saturated rings. The van der Waals surface area contributed by atoms with Gasteiger partial charge in [0.1, 0.15) is 0 Å². The van der Waals surface area contributed by atoms with Crippen LogP contribution < -0.4 is 15.4 Å². The maximum Gasteiger partial charge on any atom is 0.191 e. The Kier molecular flexibility index (Phi) is 9.26. The second-order valence-corrected chi connectivity index (χ2v) is 5.44. The first-order valence-corrected chi connectivity index (χ1v) is 8.03. The van der Waals surface area contributed by atoms with Crippen LogP contribution in [0, 0.1) is 12.7 Å². The van der Waals surface area contributed by atoms with E-state index in [9.17, 15) is 4.39 Å². The van der Waals surface area contributed by atoms with Crippen molar-refractivity contribution in [2.75, 3.05) is 13.7 Å². The van der Waals surface area contributed by atoms with Crippen molar-refractivity contribution < 1.29 is 9.13 Å². The van der Waals surface area contributed by atoms with Gasteiger partial charge in [-0.3, -0.25) is 0 Å². The van der Waals surface area contributed by atoms with Crippen molar-refractivity contribution in [2.45, 2.75) is 26.9 Å². The molecule has 0 aliphatic heterocycles. The van der Waals surface area contributed by atoms with Gasteiger partial charge in [0.15, 0.2) is 17.5 Å². The van der Waals surface area contributed by atoms with Crippen molar-refractivity contribution >= 4 is 29.9 Å². The SMILES string of the molecule is CCNC(=NCc1ccc(OC)c(F)c1)NCc1ccccc1C.I. The first-order chi connectivity index (χ1) is 11.6. The van der Waals surface area contributed by atoms with E-state index in [2.05, 4.69) is 34.7 Å². The van der Waals surface area contributed by atoms with Gasteiger partial charge in [-0.15, -0.1) is 24.0 Å². The summed E-state index contributed by atoms with van der Waals surface area (Å²) in [7, 11) is 1.45. The summed E-state index contributed by atoms with van der Waals surface area (Å²) in [5.74, 6) is 0.576. The zero-order valence-corrected chi connectivity index (χ0v) is 17.1. The maximum atomic E-state index is 13.7. The fraction of sp³-hybridized carbons (Fsp3) is 0.316. The van der Waals surface area contributed by atoms with Crippen molar-refractivity contribution in [3.05, 3.63) is 65.0 Å². The lowest BCUT2D eigenvalue weighted by Gasteiger charge is -2.13. The molecule has 0 radical (unpaired) electrons. The molecule has 0 saturated carbocycles. The molecule has 6 heteroatoms. The lowest BCUT2D eigenvalue weighted by Crippen LogP contribution is -2.36. The number of ether oxygens (including phenoxy) is 1. The van der Waals surface area contributed by atoms with Gasteiger partial charge in [0.2, 0.25) is 0 Å². The van der Waals surface area contributed by atoms with Crippen LogP contribution in [-0.4, -0.2) is 19.6 Å². The second kappa shape index (κ2) is 10.9. The van der Waals surface area contributed by atoms with E-state index in [0.717, 1.165) is 12.1 Å². The molecule has 0 atom stereocenters. The molecule has 2 rings (SSSR count). The van der Waals surface area contributed by atoms with Gasteiger partial charge in [-0.05, 0) is 42.7 Å². The molecule has 2 aromatic carbocycles. The van der Waals surface area contributed by atoms with Crippen molar-refractivity contribution in [3.63, 3.8) is 0 Å². The molecule has 0 heterocycles. The number of methoxy groups -OCH3 is 1. The van der Waals surface area contributed by atoms with Crippen molar-refractivity contribution in [2.24, 2.45) is 4.99 Å².